The van der Waals surface area contributed by atoms with Crippen molar-refractivity contribution in [3.8, 4) is 11.5 Å². The van der Waals surface area contributed by atoms with Crippen molar-refractivity contribution in [3.63, 3.8) is 0 Å². The zero-order chi connectivity index (χ0) is 26.9. The summed E-state index contributed by atoms with van der Waals surface area (Å²) in [6.45, 7) is 1.84. The summed E-state index contributed by atoms with van der Waals surface area (Å²) < 4.78 is 44.2. The molecule has 0 spiro atoms. The summed E-state index contributed by atoms with van der Waals surface area (Å²) in [5.41, 5.74) is 8.91. The first-order valence-electron chi connectivity index (χ1n) is 12.8. The van der Waals surface area contributed by atoms with Crippen LogP contribution < -0.4 is 15.8 Å². The smallest absolute Gasteiger partial charge is 0.416 e. The molecule has 1 aromatic heterocycles. The Hall–Kier alpha value is -3.81. The number of aromatic nitrogens is 1. The predicted octanol–water partition coefficient (Wildman–Crippen LogP) is 6.87. The Morgan fingerprint density at radius 3 is 2.61 bits per heavy atom. The molecule has 0 aliphatic heterocycles. The van der Waals surface area contributed by atoms with Crippen molar-refractivity contribution in [2.24, 2.45) is 11.8 Å². The number of hydrogen-bond acceptors (Lipinski definition) is 4. The first kappa shape index (κ1) is 25.8. The van der Waals surface area contributed by atoms with Gasteiger partial charge in [-0.05, 0) is 104 Å². The van der Waals surface area contributed by atoms with Crippen LogP contribution in [0.2, 0.25) is 0 Å². The lowest BCUT2D eigenvalue weighted by atomic mass is 9.65. The number of nitrogens with two attached hydrogens (primary N) is 1. The molecule has 3 fully saturated rings. The van der Waals surface area contributed by atoms with E-state index in [4.69, 9.17) is 10.5 Å². The number of aryl methyl sites for hydroxylation is 1. The number of benzene rings is 2. The van der Waals surface area contributed by atoms with E-state index in [1.807, 2.05) is 25.1 Å². The molecule has 1 amide bonds. The Bertz CT molecular complexity index is 1350. The molecule has 3 aliphatic carbocycles. The van der Waals surface area contributed by atoms with Crippen molar-refractivity contribution in [1.29, 1.82) is 0 Å². The average Bonchev–Trinajstić information content (AvgIpc) is 2.89. The first-order chi connectivity index (χ1) is 18.2. The molecule has 3 unspecified atom stereocenters. The van der Waals surface area contributed by atoms with Gasteiger partial charge in [-0.2, -0.15) is 13.2 Å². The van der Waals surface area contributed by atoms with Crippen molar-refractivity contribution in [2.45, 2.75) is 51.2 Å². The van der Waals surface area contributed by atoms with Crippen LogP contribution in [0.15, 0.2) is 72.4 Å². The van der Waals surface area contributed by atoms with Gasteiger partial charge in [-0.1, -0.05) is 23.8 Å². The highest BCUT2D eigenvalue weighted by atomic mass is 19.4. The monoisotopic (exact) mass is 521 g/mol. The first-order valence-corrected chi connectivity index (χ1v) is 12.8. The number of halogens is 3. The van der Waals surface area contributed by atoms with E-state index in [1.165, 1.54) is 23.9 Å². The van der Waals surface area contributed by atoms with Gasteiger partial charge in [0, 0.05) is 12.2 Å². The number of nitrogen functional groups attached to an aromatic ring is 1. The van der Waals surface area contributed by atoms with Crippen LogP contribution >= 0.6 is 0 Å². The Labute approximate surface area is 219 Å². The SMILES string of the molecule is Cc1cc(C(=O)NC2CC3CCC2CC3=CCc2cccc(Oc3ccc(C(F)(F)F)cc3)c2)cnc1N. The lowest BCUT2D eigenvalue weighted by Gasteiger charge is -2.44. The third-order valence-electron chi connectivity index (χ3n) is 7.63. The summed E-state index contributed by atoms with van der Waals surface area (Å²) >= 11 is 0. The van der Waals surface area contributed by atoms with Crippen LogP contribution in [0, 0.1) is 18.8 Å². The Balaban J connectivity index is 1.19. The second kappa shape index (κ2) is 10.5. The van der Waals surface area contributed by atoms with E-state index in [1.54, 1.807) is 12.1 Å². The number of rotatable bonds is 6. The highest BCUT2D eigenvalue weighted by Crippen LogP contribution is 2.45. The third-order valence-corrected chi connectivity index (χ3v) is 7.63. The summed E-state index contributed by atoms with van der Waals surface area (Å²) in [4.78, 5) is 16.9. The van der Waals surface area contributed by atoms with E-state index in [2.05, 4.69) is 16.4 Å². The van der Waals surface area contributed by atoms with Gasteiger partial charge < -0.3 is 15.8 Å². The normalized spacial score (nSPS) is 21.9. The minimum absolute atomic E-state index is 0.103. The van der Waals surface area contributed by atoms with Gasteiger partial charge in [-0.3, -0.25) is 4.79 Å². The van der Waals surface area contributed by atoms with Crippen LogP contribution in [0.4, 0.5) is 19.0 Å². The lowest BCUT2D eigenvalue weighted by molar-refractivity contribution is -0.137. The molecule has 198 valence electrons. The molecule has 0 saturated heterocycles. The summed E-state index contributed by atoms with van der Waals surface area (Å²) in [5.74, 6) is 2.13. The number of ether oxygens (including phenoxy) is 1. The van der Waals surface area contributed by atoms with Gasteiger partial charge in [0.1, 0.15) is 17.3 Å². The third kappa shape index (κ3) is 5.85. The molecule has 3 aromatic rings. The molecule has 3 saturated carbocycles. The summed E-state index contributed by atoms with van der Waals surface area (Å²) in [6.07, 6.45) is 4.32. The molecule has 0 radical (unpaired) electrons. The van der Waals surface area contributed by atoms with Crippen LogP contribution in [-0.4, -0.2) is 16.9 Å². The number of carbonyl (C=O) groups is 1. The zero-order valence-corrected chi connectivity index (χ0v) is 21.1. The van der Waals surface area contributed by atoms with Crippen LogP contribution in [-0.2, 0) is 12.6 Å². The van der Waals surface area contributed by atoms with Crippen molar-refractivity contribution in [2.75, 3.05) is 5.73 Å². The van der Waals surface area contributed by atoms with Crippen molar-refractivity contribution >= 4 is 11.7 Å². The number of alkyl halides is 3. The molecule has 38 heavy (non-hydrogen) atoms. The highest BCUT2D eigenvalue weighted by Gasteiger charge is 2.39. The Kier molecular flexibility index (Phi) is 7.15. The second-order valence-electron chi connectivity index (χ2n) is 10.2. The lowest BCUT2D eigenvalue weighted by Crippen LogP contribution is -2.47. The van der Waals surface area contributed by atoms with Crippen LogP contribution in [0.3, 0.4) is 0 Å². The average molecular weight is 522 g/mol. The number of allylic oxidation sites excluding steroid dienone is 2. The molecule has 2 aromatic carbocycles. The highest BCUT2D eigenvalue weighted by molar-refractivity contribution is 5.94. The molecule has 8 heteroatoms. The minimum atomic E-state index is -4.37. The van der Waals surface area contributed by atoms with E-state index in [-0.39, 0.29) is 11.9 Å². The topological polar surface area (TPSA) is 77.2 Å². The van der Waals surface area contributed by atoms with Crippen molar-refractivity contribution < 1.29 is 22.7 Å². The number of anilines is 1. The fourth-order valence-electron chi connectivity index (χ4n) is 5.50. The quantitative estimate of drug-likeness (QED) is 0.347. The van der Waals surface area contributed by atoms with E-state index in [9.17, 15) is 18.0 Å². The number of nitrogens with one attached hydrogen (secondary N) is 1. The summed E-state index contributed by atoms with van der Waals surface area (Å²) in [6, 6.07) is 14.2. The Morgan fingerprint density at radius 1 is 1.13 bits per heavy atom. The van der Waals surface area contributed by atoms with Gasteiger partial charge in [0.2, 0.25) is 0 Å². The van der Waals surface area contributed by atoms with Gasteiger partial charge in [-0.15, -0.1) is 0 Å². The maximum atomic E-state index is 12.8. The summed E-state index contributed by atoms with van der Waals surface area (Å²) in [5, 5.41) is 3.22. The van der Waals surface area contributed by atoms with Gasteiger partial charge in [0.25, 0.3) is 5.91 Å². The number of carbonyl (C=O) groups excluding carboxylic acids is 1. The van der Waals surface area contributed by atoms with Gasteiger partial charge in [-0.25, -0.2) is 4.98 Å². The molecule has 1 heterocycles. The van der Waals surface area contributed by atoms with E-state index in [0.29, 0.717) is 34.7 Å². The van der Waals surface area contributed by atoms with Crippen LogP contribution in [0.5, 0.6) is 11.5 Å². The molecular weight excluding hydrogens is 491 g/mol. The maximum absolute atomic E-state index is 12.8. The van der Waals surface area contributed by atoms with E-state index >= 15 is 0 Å². The number of hydrogen-bond donors (Lipinski definition) is 2. The molecule has 3 aliphatic rings. The fourth-order valence-corrected chi connectivity index (χ4v) is 5.50. The minimum Gasteiger partial charge on any atom is -0.457 e. The predicted molar refractivity (Wildman–Crippen MR) is 140 cm³/mol. The van der Waals surface area contributed by atoms with Crippen molar-refractivity contribution in [3.05, 3.63) is 94.7 Å². The molecular formula is C30H30F3N3O2. The van der Waals surface area contributed by atoms with Crippen LogP contribution in [0.1, 0.15) is 52.7 Å². The molecule has 2 bridgehead atoms. The van der Waals surface area contributed by atoms with E-state index in [0.717, 1.165) is 55.4 Å². The Morgan fingerprint density at radius 2 is 1.92 bits per heavy atom. The second-order valence-corrected chi connectivity index (χ2v) is 10.2. The van der Waals surface area contributed by atoms with Gasteiger partial charge in [0.05, 0.1) is 11.1 Å². The molecule has 3 N–H and O–H groups in total. The largest absolute Gasteiger partial charge is 0.457 e. The molecule has 3 atom stereocenters. The van der Waals surface area contributed by atoms with Gasteiger partial charge >= 0.3 is 6.18 Å². The summed E-state index contributed by atoms with van der Waals surface area (Å²) in [7, 11) is 0. The molecule has 5 nitrogen and oxygen atoms in total. The van der Waals surface area contributed by atoms with Gasteiger partial charge in [0.15, 0.2) is 0 Å². The number of fused-ring (bicyclic) bond motifs is 3. The van der Waals surface area contributed by atoms with E-state index < -0.39 is 11.7 Å². The maximum Gasteiger partial charge on any atom is 0.416 e. The standard InChI is InChI=1S/C30H30F3N3O2/c1-18-13-23(17-35-28(18)34)29(37)36-27-16-21-7-8-22(27)15-20(21)6-5-19-3-2-4-26(14-19)38-25-11-9-24(10-12-25)30(31,32)33/h2-4,6,9-14,17,21-22,27H,5,7-8,15-16H2,1H3,(H2,34,35)(H,36,37). The zero-order valence-electron chi connectivity index (χ0n) is 21.1. The number of pyridine rings is 1. The number of amides is 1. The number of nitrogens with zero attached hydrogens (tertiary/aromatic N) is 1. The molecule has 6 rings (SSSR count). The van der Waals surface area contributed by atoms with Crippen molar-refractivity contribution in [1.82, 2.24) is 10.3 Å². The van der Waals surface area contributed by atoms with Crippen LogP contribution in [0.25, 0.3) is 0 Å². The fraction of sp³-hybridized carbons (Fsp3) is 0.333.